The smallest absolute Gasteiger partial charge is 0.119 e. The predicted octanol–water partition coefficient (Wildman–Crippen LogP) is 2.73. The largest absolute Gasteiger partial charge is 0.494 e. The van der Waals surface area contributed by atoms with E-state index in [9.17, 15) is 5.11 Å². The van der Waals surface area contributed by atoms with Crippen LogP contribution >= 0.6 is 0 Å². The Morgan fingerprint density at radius 3 is 2.58 bits per heavy atom. The summed E-state index contributed by atoms with van der Waals surface area (Å²) >= 11 is 0. The molecule has 0 amide bonds. The Bertz CT molecular complexity index is 358. The van der Waals surface area contributed by atoms with E-state index in [0.29, 0.717) is 19.1 Å². The summed E-state index contributed by atoms with van der Waals surface area (Å²) in [5, 5.41) is 13.4. The second kappa shape index (κ2) is 7.51. The van der Waals surface area contributed by atoms with Gasteiger partial charge in [-0.1, -0.05) is 25.0 Å². The van der Waals surface area contributed by atoms with Gasteiger partial charge in [0.05, 0.1) is 12.7 Å². The molecule has 106 valence electrons. The van der Waals surface area contributed by atoms with Crippen LogP contribution in [0.4, 0.5) is 0 Å². The van der Waals surface area contributed by atoms with Crippen LogP contribution in [0, 0.1) is 5.92 Å². The molecular formula is C16H25NO2. The topological polar surface area (TPSA) is 41.5 Å². The zero-order chi connectivity index (χ0) is 13.5. The number of nitrogens with one attached hydrogen (secondary N) is 1. The first-order chi connectivity index (χ1) is 9.29. The molecule has 0 heterocycles. The lowest BCUT2D eigenvalue weighted by atomic mass is 10.0. The minimum atomic E-state index is -0.190. The molecule has 1 saturated carbocycles. The van der Waals surface area contributed by atoms with Crippen molar-refractivity contribution < 1.29 is 9.84 Å². The van der Waals surface area contributed by atoms with Crippen LogP contribution in [0.15, 0.2) is 24.3 Å². The second-order valence-electron chi connectivity index (χ2n) is 5.32. The van der Waals surface area contributed by atoms with Crippen LogP contribution in [0.2, 0.25) is 0 Å². The molecule has 1 aromatic rings. The fourth-order valence-corrected chi connectivity index (χ4v) is 2.74. The van der Waals surface area contributed by atoms with Gasteiger partial charge in [-0.15, -0.1) is 0 Å². The average molecular weight is 263 g/mol. The third kappa shape index (κ3) is 4.51. The summed E-state index contributed by atoms with van der Waals surface area (Å²) in [5.41, 5.74) is 1.22. The van der Waals surface area contributed by atoms with Crippen molar-refractivity contribution in [1.82, 2.24) is 5.32 Å². The zero-order valence-corrected chi connectivity index (χ0v) is 11.8. The molecule has 1 aliphatic rings. The van der Waals surface area contributed by atoms with Crippen LogP contribution < -0.4 is 10.1 Å². The lowest BCUT2D eigenvalue weighted by Gasteiger charge is -2.18. The van der Waals surface area contributed by atoms with Crippen LogP contribution in [-0.4, -0.2) is 24.4 Å². The molecule has 0 bridgehead atoms. The fourth-order valence-electron chi connectivity index (χ4n) is 2.74. The van der Waals surface area contributed by atoms with E-state index < -0.39 is 0 Å². The number of benzene rings is 1. The number of hydrogen-bond donors (Lipinski definition) is 2. The summed E-state index contributed by atoms with van der Waals surface area (Å²) in [7, 11) is 0. The molecule has 0 spiro atoms. The Morgan fingerprint density at radius 1 is 1.26 bits per heavy atom. The minimum absolute atomic E-state index is 0.190. The molecule has 0 aromatic heterocycles. The molecule has 0 radical (unpaired) electrons. The summed E-state index contributed by atoms with van der Waals surface area (Å²) in [4.78, 5) is 0. The van der Waals surface area contributed by atoms with E-state index in [4.69, 9.17) is 4.74 Å². The van der Waals surface area contributed by atoms with Gasteiger partial charge in [-0.05, 0) is 43.4 Å². The normalized spacial score (nSPS) is 17.6. The van der Waals surface area contributed by atoms with Gasteiger partial charge in [-0.3, -0.25) is 0 Å². The van der Waals surface area contributed by atoms with Gasteiger partial charge < -0.3 is 15.2 Å². The monoisotopic (exact) mass is 263 g/mol. The quantitative estimate of drug-likeness (QED) is 0.795. The fraction of sp³-hybridized carbons (Fsp3) is 0.625. The summed E-state index contributed by atoms with van der Waals surface area (Å²) in [6.45, 7) is 4.18. The van der Waals surface area contributed by atoms with Crippen molar-refractivity contribution in [2.45, 2.75) is 45.3 Å². The van der Waals surface area contributed by atoms with Crippen molar-refractivity contribution in [3.8, 4) is 5.75 Å². The number of aliphatic hydroxyl groups is 1. The minimum Gasteiger partial charge on any atom is -0.494 e. The molecule has 19 heavy (non-hydrogen) atoms. The molecule has 2 N–H and O–H groups in total. The molecular weight excluding hydrogens is 238 g/mol. The number of ether oxygens (including phenoxy) is 1. The Morgan fingerprint density at radius 2 is 1.95 bits per heavy atom. The molecule has 1 aliphatic carbocycles. The number of rotatable bonds is 7. The molecule has 3 heteroatoms. The van der Waals surface area contributed by atoms with Gasteiger partial charge in [-0.2, -0.15) is 0 Å². The Kier molecular flexibility index (Phi) is 5.67. The van der Waals surface area contributed by atoms with Gasteiger partial charge in [0.2, 0.25) is 0 Å². The maximum absolute atomic E-state index is 10.1. The lowest BCUT2D eigenvalue weighted by molar-refractivity contribution is 0.109. The highest BCUT2D eigenvalue weighted by Crippen LogP contribution is 2.27. The Balaban J connectivity index is 1.69. The van der Waals surface area contributed by atoms with Crippen LogP contribution in [-0.2, 0) is 6.54 Å². The summed E-state index contributed by atoms with van der Waals surface area (Å²) in [6, 6.07) is 8.13. The van der Waals surface area contributed by atoms with Crippen molar-refractivity contribution in [3.05, 3.63) is 29.8 Å². The third-order valence-corrected chi connectivity index (χ3v) is 3.86. The number of hydrogen-bond acceptors (Lipinski definition) is 3. The van der Waals surface area contributed by atoms with Gasteiger partial charge in [0.25, 0.3) is 0 Å². The van der Waals surface area contributed by atoms with E-state index in [2.05, 4.69) is 17.4 Å². The van der Waals surface area contributed by atoms with Crippen molar-refractivity contribution in [2.75, 3.05) is 13.2 Å². The van der Waals surface area contributed by atoms with Crippen LogP contribution in [0.1, 0.15) is 38.2 Å². The molecule has 1 unspecified atom stereocenters. The van der Waals surface area contributed by atoms with Crippen LogP contribution in [0.5, 0.6) is 5.75 Å². The lowest BCUT2D eigenvalue weighted by Crippen LogP contribution is -2.31. The molecule has 3 nitrogen and oxygen atoms in total. The van der Waals surface area contributed by atoms with Crippen LogP contribution in [0.3, 0.4) is 0 Å². The van der Waals surface area contributed by atoms with E-state index in [1.165, 1.54) is 31.2 Å². The highest BCUT2D eigenvalue weighted by atomic mass is 16.5. The van der Waals surface area contributed by atoms with E-state index in [1.54, 1.807) is 0 Å². The first-order valence-corrected chi connectivity index (χ1v) is 7.40. The van der Waals surface area contributed by atoms with Gasteiger partial charge in [0.15, 0.2) is 0 Å². The first kappa shape index (κ1) is 14.4. The standard InChI is InChI=1S/C16H25NO2/c1-2-19-15-9-7-13(8-10-15)11-17-12-16(18)14-5-3-4-6-14/h7-10,14,16-18H,2-6,11-12H2,1H3. The molecule has 2 rings (SSSR count). The highest BCUT2D eigenvalue weighted by Gasteiger charge is 2.22. The van der Waals surface area contributed by atoms with E-state index in [1.807, 2.05) is 19.1 Å². The van der Waals surface area contributed by atoms with E-state index >= 15 is 0 Å². The van der Waals surface area contributed by atoms with Crippen LogP contribution in [0.25, 0.3) is 0 Å². The molecule has 1 aromatic carbocycles. The first-order valence-electron chi connectivity index (χ1n) is 7.40. The van der Waals surface area contributed by atoms with E-state index in [-0.39, 0.29) is 6.10 Å². The molecule has 0 aliphatic heterocycles. The van der Waals surface area contributed by atoms with Crippen molar-refractivity contribution >= 4 is 0 Å². The average Bonchev–Trinajstić information content (AvgIpc) is 2.95. The maximum atomic E-state index is 10.1. The molecule has 1 fully saturated rings. The predicted molar refractivity (Wildman–Crippen MR) is 77.3 cm³/mol. The molecule has 1 atom stereocenters. The third-order valence-electron chi connectivity index (χ3n) is 3.86. The Labute approximate surface area is 116 Å². The highest BCUT2D eigenvalue weighted by molar-refractivity contribution is 5.27. The van der Waals surface area contributed by atoms with Crippen molar-refractivity contribution in [3.63, 3.8) is 0 Å². The summed E-state index contributed by atoms with van der Waals surface area (Å²) < 4.78 is 5.41. The second-order valence-corrected chi connectivity index (χ2v) is 5.32. The summed E-state index contributed by atoms with van der Waals surface area (Å²) in [5.74, 6) is 1.42. The maximum Gasteiger partial charge on any atom is 0.119 e. The van der Waals surface area contributed by atoms with Gasteiger partial charge >= 0.3 is 0 Å². The van der Waals surface area contributed by atoms with E-state index in [0.717, 1.165) is 12.3 Å². The van der Waals surface area contributed by atoms with Gasteiger partial charge in [0, 0.05) is 13.1 Å². The summed E-state index contributed by atoms with van der Waals surface area (Å²) in [6.07, 6.45) is 4.74. The molecule has 0 saturated heterocycles. The Hall–Kier alpha value is -1.06. The zero-order valence-electron chi connectivity index (χ0n) is 11.8. The SMILES string of the molecule is CCOc1ccc(CNCC(O)C2CCCC2)cc1. The van der Waals surface area contributed by atoms with Gasteiger partial charge in [-0.25, -0.2) is 0 Å². The van der Waals surface area contributed by atoms with Crippen molar-refractivity contribution in [1.29, 1.82) is 0 Å². The number of aliphatic hydroxyl groups excluding tert-OH is 1. The van der Waals surface area contributed by atoms with Gasteiger partial charge in [0.1, 0.15) is 5.75 Å². The van der Waals surface area contributed by atoms with Crippen molar-refractivity contribution in [2.24, 2.45) is 5.92 Å².